The number of carbonyl (C=O) groups excluding carboxylic acids is 2. The van der Waals surface area contributed by atoms with E-state index < -0.39 is 0 Å². The summed E-state index contributed by atoms with van der Waals surface area (Å²) in [6.07, 6.45) is 2.72. The van der Waals surface area contributed by atoms with Gasteiger partial charge in [0.2, 0.25) is 5.91 Å². The van der Waals surface area contributed by atoms with E-state index in [1.807, 2.05) is 24.3 Å². The molecule has 0 atom stereocenters. The first-order valence-electron chi connectivity index (χ1n) is 8.85. The fourth-order valence-electron chi connectivity index (χ4n) is 3.28. The molecule has 0 fully saturated rings. The van der Waals surface area contributed by atoms with Crippen molar-refractivity contribution in [3.05, 3.63) is 46.8 Å². The van der Waals surface area contributed by atoms with E-state index in [-0.39, 0.29) is 17.1 Å². The molecule has 26 heavy (non-hydrogen) atoms. The van der Waals surface area contributed by atoms with Gasteiger partial charge in [0.05, 0.1) is 17.9 Å². The second kappa shape index (κ2) is 7.32. The van der Waals surface area contributed by atoms with Gasteiger partial charge in [-0.2, -0.15) is 0 Å². The minimum Gasteiger partial charge on any atom is -0.494 e. The lowest BCUT2D eigenvalue weighted by atomic mass is 9.75. The number of aromatic nitrogens is 1. The number of rotatable bonds is 7. The molecule has 1 aliphatic carbocycles. The van der Waals surface area contributed by atoms with Crippen LogP contribution in [0.4, 0.5) is 0 Å². The Kier molecular flexibility index (Phi) is 5.11. The monoisotopic (exact) mass is 356 g/mol. The van der Waals surface area contributed by atoms with Gasteiger partial charge in [-0.25, -0.2) is 0 Å². The number of primary amides is 1. The number of benzene rings is 1. The number of ether oxygens (including phenoxy) is 1. The Labute approximate surface area is 152 Å². The van der Waals surface area contributed by atoms with Gasteiger partial charge in [-0.15, -0.1) is 0 Å². The molecule has 0 radical (unpaired) electrons. The Morgan fingerprint density at radius 3 is 2.69 bits per heavy atom. The molecule has 6 heteroatoms. The highest BCUT2D eigenvalue weighted by molar-refractivity contribution is 5.99. The van der Waals surface area contributed by atoms with Crippen LogP contribution < -0.4 is 10.5 Å². The number of nitrogens with zero attached hydrogens (tertiary/aromatic N) is 1. The molecule has 0 saturated heterocycles. The summed E-state index contributed by atoms with van der Waals surface area (Å²) in [5.41, 5.74) is 7.49. The second-order valence-electron chi connectivity index (χ2n) is 7.61. The summed E-state index contributed by atoms with van der Waals surface area (Å²) in [5, 5.41) is 4.12. The van der Waals surface area contributed by atoms with Crippen LogP contribution in [0, 0.1) is 5.41 Å². The molecule has 0 unspecified atom stereocenters. The SMILES string of the molecule is CC1(C)CC(=O)c2c(noc2Cc2ccc(OCCCC(N)=O)cc2)C1. The number of fused-ring (bicyclic) bond motifs is 1. The van der Waals surface area contributed by atoms with Crippen LogP contribution in [0.2, 0.25) is 0 Å². The van der Waals surface area contributed by atoms with Crippen LogP contribution in [0.5, 0.6) is 5.75 Å². The van der Waals surface area contributed by atoms with E-state index in [0.717, 1.165) is 23.4 Å². The topological polar surface area (TPSA) is 95.4 Å². The zero-order valence-electron chi connectivity index (χ0n) is 15.2. The minimum absolute atomic E-state index is 0.0638. The molecule has 6 nitrogen and oxygen atoms in total. The molecule has 1 amide bonds. The highest BCUT2D eigenvalue weighted by Crippen LogP contribution is 2.36. The van der Waals surface area contributed by atoms with Gasteiger partial charge in [-0.05, 0) is 36.0 Å². The predicted octanol–water partition coefficient (Wildman–Crippen LogP) is 3.06. The fourth-order valence-corrected chi connectivity index (χ4v) is 3.28. The molecule has 1 aromatic heterocycles. The molecule has 0 bridgehead atoms. The lowest BCUT2D eigenvalue weighted by molar-refractivity contribution is -0.118. The number of carbonyl (C=O) groups is 2. The van der Waals surface area contributed by atoms with Crippen LogP contribution in [-0.4, -0.2) is 23.5 Å². The van der Waals surface area contributed by atoms with Gasteiger partial charge in [-0.3, -0.25) is 9.59 Å². The normalized spacial score (nSPS) is 15.5. The van der Waals surface area contributed by atoms with Crippen molar-refractivity contribution in [3.63, 3.8) is 0 Å². The van der Waals surface area contributed by atoms with E-state index >= 15 is 0 Å². The Morgan fingerprint density at radius 1 is 1.27 bits per heavy atom. The van der Waals surface area contributed by atoms with Crippen molar-refractivity contribution >= 4 is 11.7 Å². The zero-order valence-corrected chi connectivity index (χ0v) is 15.2. The summed E-state index contributed by atoms with van der Waals surface area (Å²) in [6.45, 7) is 4.59. The average molecular weight is 356 g/mol. The Balaban J connectivity index is 1.63. The maximum Gasteiger partial charge on any atom is 0.217 e. The third-order valence-electron chi connectivity index (χ3n) is 4.52. The summed E-state index contributed by atoms with van der Waals surface area (Å²) < 4.78 is 11.1. The molecule has 0 saturated carbocycles. The van der Waals surface area contributed by atoms with E-state index in [1.54, 1.807) is 0 Å². The first-order valence-corrected chi connectivity index (χ1v) is 8.85. The molecule has 2 N–H and O–H groups in total. The predicted molar refractivity (Wildman–Crippen MR) is 96.1 cm³/mol. The number of nitrogens with two attached hydrogens (primary N) is 1. The Morgan fingerprint density at radius 2 is 2.00 bits per heavy atom. The Hall–Kier alpha value is -2.63. The van der Waals surface area contributed by atoms with Crippen molar-refractivity contribution in [1.82, 2.24) is 5.16 Å². The summed E-state index contributed by atoms with van der Waals surface area (Å²) in [7, 11) is 0. The molecule has 1 aromatic carbocycles. The van der Waals surface area contributed by atoms with E-state index in [0.29, 0.717) is 43.6 Å². The Bertz CT molecular complexity index is 806. The van der Waals surface area contributed by atoms with Crippen LogP contribution in [0.1, 0.15) is 60.5 Å². The summed E-state index contributed by atoms with van der Waals surface area (Å²) in [6, 6.07) is 7.62. The molecule has 1 heterocycles. The van der Waals surface area contributed by atoms with Crippen molar-refractivity contribution in [1.29, 1.82) is 0 Å². The molecule has 0 aliphatic heterocycles. The number of amides is 1. The van der Waals surface area contributed by atoms with Crippen molar-refractivity contribution in [2.75, 3.05) is 6.61 Å². The van der Waals surface area contributed by atoms with Crippen molar-refractivity contribution in [3.8, 4) is 5.75 Å². The van der Waals surface area contributed by atoms with Crippen LogP contribution in [-0.2, 0) is 17.6 Å². The number of Topliss-reactive ketones (excluding diaryl/α,β-unsaturated/α-hetero) is 1. The maximum absolute atomic E-state index is 12.5. The number of hydrogen-bond acceptors (Lipinski definition) is 5. The van der Waals surface area contributed by atoms with Crippen molar-refractivity contribution in [2.24, 2.45) is 11.1 Å². The van der Waals surface area contributed by atoms with Crippen LogP contribution in [0.15, 0.2) is 28.8 Å². The lowest BCUT2D eigenvalue weighted by Crippen LogP contribution is -2.27. The maximum atomic E-state index is 12.5. The highest BCUT2D eigenvalue weighted by atomic mass is 16.5. The number of ketones is 1. The largest absolute Gasteiger partial charge is 0.494 e. The van der Waals surface area contributed by atoms with E-state index in [2.05, 4.69) is 19.0 Å². The smallest absolute Gasteiger partial charge is 0.217 e. The quantitative estimate of drug-likeness (QED) is 0.769. The summed E-state index contributed by atoms with van der Waals surface area (Å²) >= 11 is 0. The summed E-state index contributed by atoms with van der Waals surface area (Å²) in [5.74, 6) is 1.16. The van der Waals surface area contributed by atoms with E-state index in [4.69, 9.17) is 15.0 Å². The average Bonchev–Trinajstić information content (AvgIpc) is 2.94. The molecular formula is C20H24N2O4. The van der Waals surface area contributed by atoms with Gasteiger partial charge in [0.15, 0.2) is 11.5 Å². The van der Waals surface area contributed by atoms with Gasteiger partial charge in [0, 0.05) is 19.3 Å². The number of hydrogen-bond donors (Lipinski definition) is 1. The van der Waals surface area contributed by atoms with E-state index in [1.165, 1.54) is 0 Å². The highest BCUT2D eigenvalue weighted by Gasteiger charge is 2.35. The lowest BCUT2D eigenvalue weighted by Gasteiger charge is -2.26. The fraction of sp³-hybridized carbons (Fsp3) is 0.450. The minimum atomic E-state index is -0.322. The third kappa shape index (κ3) is 4.31. The molecular weight excluding hydrogens is 332 g/mol. The molecule has 3 rings (SSSR count). The molecule has 2 aromatic rings. The van der Waals surface area contributed by atoms with Crippen LogP contribution in [0.25, 0.3) is 0 Å². The third-order valence-corrected chi connectivity index (χ3v) is 4.52. The van der Waals surface area contributed by atoms with E-state index in [9.17, 15) is 9.59 Å². The first kappa shape index (κ1) is 18.2. The van der Waals surface area contributed by atoms with Gasteiger partial charge in [-0.1, -0.05) is 31.1 Å². The molecule has 1 aliphatic rings. The van der Waals surface area contributed by atoms with Gasteiger partial charge in [0.1, 0.15) is 5.75 Å². The second-order valence-corrected chi connectivity index (χ2v) is 7.61. The van der Waals surface area contributed by atoms with Crippen LogP contribution >= 0.6 is 0 Å². The van der Waals surface area contributed by atoms with Gasteiger partial charge >= 0.3 is 0 Å². The van der Waals surface area contributed by atoms with Gasteiger partial charge < -0.3 is 15.0 Å². The van der Waals surface area contributed by atoms with Crippen molar-refractivity contribution in [2.45, 2.75) is 46.0 Å². The van der Waals surface area contributed by atoms with Crippen LogP contribution in [0.3, 0.4) is 0 Å². The zero-order chi connectivity index (χ0) is 18.7. The van der Waals surface area contributed by atoms with Crippen molar-refractivity contribution < 1.29 is 18.8 Å². The van der Waals surface area contributed by atoms with Gasteiger partial charge in [0.25, 0.3) is 0 Å². The first-order chi connectivity index (χ1) is 12.3. The summed E-state index contributed by atoms with van der Waals surface area (Å²) in [4.78, 5) is 23.2. The standard InChI is InChI=1S/C20H24N2O4/c1-20(2)11-15-19(16(23)12-20)17(26-22-15)10-13-5-7-14(8-6-13)25-9-3-4-18(21)24/h5-8H,3-4,9-12H2,1-2H3,(H2,21,24). The molecule has 0 spiro atoms. The molecule has 138 valence electrons.